The van der Waals surface area contributed by atoms with E-state index < -0.39 is 0 Å². The molecule has 1 fully saturated rings. The molecule has 0 aromatic carbocycles. The maximum Gasteiger partial charge on any atom is 0.272 e. The van der Waals surface area contributed by atoms with E-state index in [1.54, 1.807) is 11.0 Å². The summed E-state index contributed by atoms with van der Waals surface area (Å²) in [5.74, 6) is 0.624. The zero-order valence-corrected chi connectivity index (χ0v) is 14.2. The highest BCUT2D eigenvalue weighted by Gasteiger charge is 2.31. The summed E-state index contributed by atoms with van der Waals surface area (Å²) in [7, 11) is 1.86. The standard InChI is InChI=1S/C16H22N6O2/c1-9-6-12-14(20-21(3)15(12)10(2)24-9)16(23)17-7-13-19-18-8-22(13)11-4-5-11/h8-11H,4-7H2,1-3H3,(H,17,23)/t9-,10+/m1/s1. The van der Waals surface area contributed by atoms with Crippen LogP contribution in [0.5, 0.6) is 0 Å². The normalized spacial score (nSPS) is 23.1. The first-order valence-corrected chi connectivity index (χ1v) is 8.42. The Morgan fingerprint density at radius 1 is 1.42 bits per heavy atom. The zero-order chi connectivity index (χ0) is 16.8. The Morgan fingerprint density at radius 2 is 2.21 bits per heavy atom. The first-order chi connectivity index (χ1) is 11.5. The van der Waals surface area contributed by atoms with Gasteiger partial charge in [-0.05, 0) is 26.7 Å². The highest BCUT2D eigenvalue weighted by molar-refractivity contribution is 5.94. The SMILES string of the molecule is C[C@@H]1Cc2c(C(=O)NCc3nncn3C3CC3)nn(C)c2[C@H](C)O1. The van der Waals surface area contributed by atoms with Crippen molar-refractivity contribution in [1.82, 2.24) is 29.9 Å². The molecule has 1 aliphatic carbocycles. The van der Waals surface area contributed by atoms with Crippen LogP contribution in [-0.4, -0.2) is 36.6 Å². The molecule has 3 heterocycles. The number of nitrogens with one attached hydrogen (secondary N) is 1. The first kappa shape index (κ1) is 15.3. The Hall–Kier alpha value is -2.22. The van der Waals surface area contributed by atoms with Crippen molar-refractivity contribution >= 4 is 5.91 Å². The van der Waals surface area contributed by atoms with Gasteiger partial charge >= 0.3 is 0 Å². The third kappa shape index (κ3) is 2.60. The summed E-state index contributed by atoms with van der Waals surface area (Å²) in [6.07, 6.45) is 4.78. The number of aryl methyl sites for hydroxylation is 1. The van der Waals surface area contributed by atoms with Crippen molar-refractivity contribution in [2.24, 2.45) is 7.05 Å². The van der Waals surface area contributed by atoms with Crippen LogP contribution in [0.3, 0.4) is 0 Å². The number of aromatic nitrogens is 5. The molecule has 0 unspecified atom stereocenters. The lowest BCUT2D eigenvalue weighted by Gasteiger charge is -2.26. The number of hydrogen-bond donors (Lipinski definition) is 1. The zero-order valence-electron chi connectivity index (χ0n) is 14.2. The third-order valence-electron chi connectivity index (χ3n) is 4.72. The fourth-order valence-electron chi connectivity index (χ4n) is 3.52. The lowest BCUT2D eigenvalue weighted by Crippen LogP contribution is -2.28. The van der Waals surface area contributed by atoms with Gasteiger partial charge in [-0.2, -0.15) is 5.10 Å². The number of hydrogen-bond acceptors (Lipinski definition) is 5. The summed E-state index contributed by atoms with van der Waals surface area (Å²) in [6, 6.07) is 0.494. The van der Waals surface area contributed by atoms with Crippen LogP contribution in [0.4, 0.5) is 0 Å². The van der Waals surface area contributed by atoms with Crippen molar-refractivity contribution in [2.75, 3.05) is 0 Å². The van der Waals surface area contributed by atoms with Crippen LogP contribution >= 0.6 is 0 Å². The Balaban J connectivity index is 1.53. The van der Waals surface area contributed by atoms with Crippen molar-refractivity contribution in [3.63, 3.8) is 0 Å². The van der Waals surface area contributed by atoms with Gasteiger partial charge in [-0.1, -0.05) is 0 Å². The second kappa shape index (κ2) is 5.70. The monoisotopic (exact) mass is 330 g/mol. The van der Waals surface area contributed by atoms with E-state index in [0.29, 0.717) is 24.7 Å². The van der Waals surface area contributed by atoms with E-state index in [1.165, 1.54) is 0 Å². The van der Waals surface area contributed by atoms with Gasteiger partial charge in [0.15, 0.2) is 11.5 Å². The third-order valence-corrected chi connectivity index (χ3v) is 4.72. The van der Waals surface area contributed by atoms with Gasteiger partial charge in [0.25, 0.3) is 5.91 Å². The van der Waals surface area contributed by atoms with E-state index in [2.05, 4.69) is 20.6 Å². The van der Waals surface area contributed by atoms with Gasteiger partial charge in [-0.25, -0.2) is 0 Å². The van der Waals surface area contributed by atoms with Crippen LogP contribution in [0.15, 0.2) is 6.33 Å². The van der Waals surface area contributed by atoms with Crippen LogP contribution in [0.25, 0.3) is 0 Å². The predicted octanol–water partition coefficient (Wildman–Crippen LogP) is 1.30. The molecule has 0 radical (unpaired) electrons. The molecule has 2 aliphatic rings. The van der Waals surface area contributed by atoms with Gasteiger partial charge in [0.05, 0.1) is 24.4 Å². The molecule has 1 aliphatic heterocycles. The molecule has 128 valence electrons. The van der Waals surface area contributed by atoms with Gasteiger partial charge in [0.2, 0.25) is 0 Å². The smallest absolute Gasteiger partial charge is 0.272 e. The van der Waals surface area contributed by atoms with E-state index in [9.17, 15) is 4.79 Å². The molecule has 0 spiro atoms. The molecule has 2 aromatic heterocycles. The van der Waals surface area contributed by atoms with Crippen LogP contribution in [0.2, 0.25) is 0 Å². The minimum Gasteiger partial charge on any atom is -0.369 e. The Bertz CT molecular complexity index is 776. The van der Waals surface area contributed by atoms with Crippen LogP contribution < -0.4 is 5.32 Å². The van der Waals surface area contributed by atoms with Crippen molar-refractivity contribution in [3.8, 4) is 0 Å². The van der Waals surface area contributed by atoms with Gasteiger partial charge in [0.1, 0.15) is 6.33 Å². The Labute approximate surface area is 140 Å². The number of carbonyl (C=O) groups excluding carboxylic acids is 1. The fourth-order valence-corrected chi connectivity index (χ4v) is 3.52. The summed E-state index contributed by atoms with van der Waals surface area (Å²) < 4.78 is 9.65. The number of ether oxygens (including phenoxy) is 1. The second-order valence-corrected chi connectivity index (χ2v) is 6.70. The topological polar surface area (TPSA) is 86.9 Å². The van der Waals surface area contributed by atoms with Crippen LogP contribution in [0, 0.1) is 0 Å². The quantitative estimate of drug-likeness (QED) is 0.913. The Morgan fingerprint density at radius 3 is 2.96 bits per heavy atom. The van der Waals surface area contributed by atoms with Crippen molar-refractivity contribution in [1.29, 1.82) is 0 Å². The van der Waals surface area contributed by atoms with Gasteiger partial charge in [-0.15, -0.1) is 10.2 Å². The number of amides is 1. The van der Waals surface area contributed by atoms with Gasteiger partial charge in [-0.3, -0.25) is 9.48 Å². The van der Waals surface area contributed by atoms with Crippen LogP contribution in [0.1, 0.15) is 66.4 Å². The van der Waals surface area contributed by atoms with E-state index in [4.69, 9.17) is 4.74 Å². The molecule has 2 atom stereocenters. The van der Waals surface area contributed by atoms with Crippen molar-refractivity contribution in [2.45, 2.75) is 57.9 Å². The highest BCUT2D eigenvalue weighted by atomic mass is 16.5. The molecular weight excluding hydrogens is 308 g/mol. The number of carbonyl (C=O) groups is 1. The molecule has 4 rings (SSSR count). The molecule has 1 amide bonds. The summed E-state index contributed by atoms with van der Waals surface area (Å²) in [4.78, 5) is 12.7. The summed E-state index contributed by atoms with van der Waals surface area (Å²) in [5, 5.41) is 15.4. The summed E-state index contributed by atoms with van der Waals surface area (Å²) >= 11 is 0. The molecule has 24 heavy (non-hydrogen) atoms. The van der Waals surface area contributed by atoms with Crippen molar-refractivity contribution < 1.29 is 9.53 Å². The molecule has 1 N–H and O–H groups in total. The van der Waals surface area contributed by atoms with Crippen LogP contribution in [-0.2, 0) is 24.8 Å². The second-order valence-electron chi connectivity index (χ2n) is 6.70. The fraction of sp³-hybridized carbons (Fsp3) is 0.625. The lowest BCUT2D eigenvalue weighted by molar-refractivity contribution is -0.00903. The molecule has 0 bridgehead atoms. The van der Waals surface area contributed by atoms with Gasteiger partial charge in [0, 0.05) is 25.1 Å². The highest BCUT2D eigenvalue weighted by Crippen LogP contribution is 2.35. The average molecular weight is 330 g/mol. The number of nitrogens with zero attached hydrogens (tertiary/aromatic N) is 5. The summed E-state index contributed by atoms with van der Waals surface area (Å²) in [6.45, 7) is 4.38. The maximum absolute atomic E-state index is 12.7. The molecule has 1 saturated carbocycles. The first-order valence-electron chi connectivity index (χ1n) is 8.42. The molecule has 8 nitrogen and oxygen atoms in total. The largest absolute Gasteiger partial charge is 0.369 e. The molecule has 0 saturated heterocycles. The van der Waals surface area contributed by atoms with E-state index in [0.717, 1.165) is 29.9 Å². The molecule has 2 aromatic rings. The maximum atomic E-state index is 12.7. The summed E-state index contributed by atoms with van der Waals surface area (Å²) in [5.41, 5.74) is 2.47. The van der Waals surface area contributed by atoms with E-state index in [-0.39, 0.29) is 18.1 Å². The van der Waals surface area contributed by atoms with Gasteiger partial charge < -0.3 is 14.6 Å². The average Bonchev–Trinajstić information content (AvgIpc) is 3.17. The number of fused-ring (bicyclic) bond motifs is 1. The predicted molar refractivity (Wildman–Crippen MR) is 85.3 cm³/mol. The lowest BCUT2D eigenvalue weighted by atomic mass is 9.99. The van der Waals surface area contributed by atoms with Crippen molar-refractivity contribution in [3.05, 3.63) is 29.1 Å². The van der Waals surface area contributed by atoms with E-state index in [1.807, 2.05) is 25.5 Å². The molecular formula is C16H22N6O2. The minimum absolute atomic E-state index is 0.0548. The Kier molecular flexibility index (Phi) is 3.64. The van der Waals surface area contributed by atoms with E-state index >= 15 is 0 Å². The molecule has 8 heteroatoms. The number of rotatable bonds is 4. The minimum atomic E-state index is -0.168.